The molecule has 2 aromatic rings. The molecule has 0 aliphatic carbocycles. The van der Waals surface area contributed by atoms with Crippen LogP contribution in [0.4, 0.5) is 5.69 Å². The van der Waals surface area contributed by atoms with Crippen LogP contribution >= 0.6 is 0 Å². The fourth-order valence-corrected chi connectivity index (χ4v) is 2.29. The van der Waals surface area contributed by atoms with Gasteiger partial charge < -0.3 is 14.5 Å². The number of nitrogens with one attached hydrogen (secondary N) is 1. The van der Waals surface area contributed by atoms with Crippen molar-refractivity contribution in [3.63, 3.8) is 0 Å². The molecule has 1 heterocycles. The van der Waals surface area contributed by atoms with E-state index in [0.29, 0.717) is 11.4 Å². The van der Waals surface area contributed by atoms with E-state index in [9.17, 15) is 18.0 Å². The van der Waals surface area contributed by atoms with Gasteiger partial charge in [0, 0.05) is 11.8 Å². The number of carbonyl (C=O) groups is 2. The van der Waals surface area contributed by atoms with E-state index >= 15 is 0 Å². The highest BCUT2D eigenvalue weighted by molar-refractivity contribution is 7.89. The van der Waals surface area contributed by atoms with Gasteiger partial charge in [-0.05, 0) is 49.4 Å². The number of ether oxygens (including phenoxy) is 1. The van der Waals surface area contributed by atoms with Gasteiger partial charge in [0.1, 0.15) is 5.76 Å². The van der Waals surface area contributed by atoms with Crippen LogP contribution in [0.15, 0.2) is 58.1 Å². The van der Waals surface area contributed by atoms with Crippen molar-refractivity contribution in [3.8, 4) is 0 Å². The number of nitrogens with two attached hydrogens (primary N) is 1. The van der Waals surface area contributed by atoms with Crippen molar-refractivity contribution in [1.29, 1.82) is 0 Å². The normalized spacial score (nSPS) is 12.7. The predicted octanol–water partition coefficient (Wildman–Crippen LogP) is 1.51. The Bertz CT molecular complexity index is 870. The number of primary sulfonamides is 1. The Hall–Kier alpha value is -2.91. The van der Waals surface area contributed by atoms with Crippen molar-refractivity contribution in [1.82, 2.24) is 0 Å². The van der Waals surface area contributed by atoms with Gasteiger partial charge in [0.05, 0.1) is 11.2 Å². The molecule has 0 radical (unpaired) electrons. The zero-order chi connectivity index (χ0) is 18.4. The number of esters is 1. The first-order valence-electron chi connectivity index (χ1n) is 7.11. The first-order chi connectivity index (χ1) is 11.8. The molecule has 1 amide bonds. The van der Waals surface area contributed by atoms with Crippen LogP contribution in [-0.2, 0) is 24.3 Å². The highest BCUT2D eigenvalue weighted by Crippen LogP contribution is 2.13. The minimum Gasteiger partial charge on any atom is -0.465 e. The molecular formula is C16H16N2O6S. The van der Waals surface area contributed by atoms with E-state index in [1.165, 1.54) is 43.5 Å². The van der Waals surface area contributed by atoms with Crippen LogP contribution in [-0.4, -0.2) is 26.4 Å². The Morgan fingerprint density at radius 1 is 1.24 bits per heavy atom. The van der Waals surface area contributed by atoms with E-state index in [1.807, 2.05) is 0 Å². The molecule has 0 saturated heterocycles. The Morgan fingerprint density at radius 2 is 1.92 bits per heavy atom. The first kappa shape index (κ1) is 18.4. The standard InChI is InChI=1S/C16H16N2O6S/c1-11(24-15(19)9-6-13-3-2-10-23-13)16(20)18-12-4-7-14(8-5-12)25(17,21)22/h2-11H,1H3,(H,18,20)(H2,17,21,22)/b9-6+/t11-/m1/s1. The fourth-order valence-electron chi connectivity index (χ4n) is 1.78. The van der Waals surface area contributed by atoms with E-state index in [4.69, 9.17) is 14.3 Å². The molecule has 0 aliphatic heterocycles. The Kier molecular flexibility index (Phi) is 5.73. The number of amides is 1. The molecule has 0 saturated carbocycles. The number of rotatable bonds is 6. The maximum absolute atomic E-state index is 12.0. The summed E-state index contributed by atoms with van der Waals surface area (Å²) in [6.07, 6.45) is 2.97. The van der Waals surface area contributed by atoms with Crippen LogP contribution in [0.1, 0.15) is 12.7 Å². The molecule has 0 spiro atoms. The number of sulfonamides is 1. The number of hydrogen-bond donors (Lipinski definition) is 2. The Balaban J connectivity index is 1.90. The van der Waals surface area contributed by atoms with Gasteiger partial charge in [0.2, 0.25) is 10.0 Å². The number of furan rings is 1. The lowest BCUT2D eigenvalue weighted by molar-refractivity contribution is -0.148. The van der Waals surface area contributed by atoms with E-state index in [1.54, 1.807) is 12.1 Å². The molecule has 9 heteroatoms. The van der Waals surface area contributed by atoms with E-state index in [-0.39, 0.29) is 4.90 Å². The molecule has 8 nitrogen and oxygen atoms in total. The SMILES string of the molecule is C[C@@H](OC(=O)/C=C/c1ccco1)C(=O)Nc1ccc(S(N)(=O)=O)cc1. The van der Waals surface area contributed by atoms with Crippen molar-refractivity contribution in [2.75, 3.05) is 5.32 Å². The molecule has 1 aromatic heterocycles. The van der Waals surface area contributed by atoms with Gasteiger partial charge in [-0.3, -0.25) is 4.79 Å². The first-order valence-corrected chi connectivity index (χ1v) is 8.66. The predicted molar refractivity (Wildman–Crippen MR) is 89.7 cm³/mol. The summed E-state index contributed by atoms with van der Waals surface area (Å²) in [6.45, 7) is 1.41. The van der Waals surface area contributed by atoms with Gasteiger partial charge in [-0.25, -0.2) is 18.4 Å². The molecule has 25 heavy (non-hydrogen) atoms. The molecule has 0 aliphatic rings. The molecule has 0 bridgehead atoms. The van der Waals surface area contributed by atoms with Crippen LogP contribution < -0.4 is 10.5 Å². The average Bonchev–Trinajstić information content (AvgIpc) is 3.06. The molecule has 1 aromatic carbocycles. The fraction of sp³-hybridized carbons (Fsp3) is 0.125. The summed E-state index contributed by atoms with van der Waals surface area (Å²) in [5.41, 5.74) is 0.339. The third kappa shape index (κ3) is 5.59. The minimum atomic E-state index is -3.80. The third-order valence-corrected chi connectivity index (χ3v) is 3.97. The topological polar surface area (TPSA) is 129 Å². The largest absolute Gasteiger partial charge is 0.465 e. The van der Waals surface area contributed by atoms with Gasteiger partial charge in [-0.2, -0.15) is 0 Å². The van der Waals surface area contributed by atoms with Crippen molar-refractivity contribution in [3.05, 3.63) is 54.5 Å². The highest BCUT2D eigenvalue weighted by atomic mass is 32.2. The van der Waals surface area contributed by atoms with Crippen molar-refractivity contribution in [2.45, 2.75) is 17.9 Å². The van der Waals surface area contributed by atoms with Gasteiger partial charge >= 0.3 is 5.97 Å². The number of anilines is 1. The van der Waals surface area contributed by atoms with Crippen molar-refractivity contribution >= 4 is 33.7 Å². The summed E-state index contributed by atoms with van der Waals surface area (Å²) in [5, 5.41) is 7.49. The highest BCUT2D eigenvalue weighted by Gasteiger charge is 2.17. The zero-order valence-electron chi connectivity index (χ0n) is 13.2. The van der Waals surface area contributed by atoms with E-state index < -0.39 is 28.0 Å². The zero-order valence-corrected chi connectivity index (χ0v) is 14.0. The quantitative estimate of drug-likeness (QED) is 0.590. The second-order valence-corrected chi connectivity index (χ2v) is 6.55. The lowest BCUT2D eigenvalue weighted by Crippen LogP contribution is -2.29. The molecule has 3 N–H and O–H groups in total. The van der Waals surface area contributed by atoms with Gasteiger partial charge in [-0.1, -0.05) is 0 Å². The third-order valence-electron chi connectivity index (χ3n) is 3.04. The second kappa shape index (κ2) is 7.77. The van der Waals surface area contributed by atoms with E-state index in [2.05, 4.69) is 5.32 Å². The summed E-state index contributed by atoms with van der Waals surface area (Å²) in [4.78, 5) is 23.6. The molecular weight excluding hydrogens is 348 g/mol. The molecule has 1 atom stereocenters. The Labute approximate surface area is 144 Å². The molecule has 132 valence electrons. The molecule has 0 unspecified atom stereocenters. The van der Waals surface area contributed by atoms with Crippen LogP contribution in [0, 0.1) is 0 Å². The summed E-state index contributed by atoms with van der Waals surface area (Å²) < 4.78 is 32.3. The van der Waals surface area contributed by atoms with Crippen LogP contribution in [0.5, 0.6) is 0 Å². The second-order valence-electron chi connectivity index (χ2n) is 4.99. The van der Waals surface area contributed by atoms with Gasteiger partial charge in [0.15, 0.2) is 6.10 Å². The van der Waals surface area contributed by atoms with Crippen molar-refractivity contribution in [2.24, 2.45) is 5.14 Å². The maximum atomic E-state index is 12.0. The molecule has 2 rings (SSSR count). The monoisotopic (exact) mass is 364 g/mol. The summed E-state index contributed by atoms with van der Waals surface area (Å²) in [7, 11) is -3.80. The lowest BCUT2D eigenvalue weighted by atomic mass is 10.3. The smallest absolute Gasteiger partial charge is 0.331 e. The number of hydrogen-bond acceptors (Lipinski definition) is 6. The number of benzene rings is 1. The van der Waals surface area contributed by atoms with Crippen LogP contribution in [0.3, 0.4) is 0 Å². The summed E-state index contributed by atoms with van der Waals surface area (Å²) in [5.74, 6) is -0.796. The van der Waals surface area contributed by atoms with Gasteiger partial charge in [0.25, 0.3) is 5.91 Å². The molecule has 0 fully saturated rings. The maximum Gasteiger partial charge on any atom is 0.331 e. The van der Waals surface area contributed by atoms with Gasteiger partial charge in [-0.15, -0.1) is 0 Å². The minimum absolute atomic E-state index is 0.0759. The Morgan fingerprint density at radius 3 is 2.48 bits per heavy atom. The van der Waals surface area contributed by atoms with Crippen LogP contribution in [0.25, 0.3) is 6.08 Å². The summed E-state index contributed by atoms with van der Waals surface area (Å²) in [6, 6.07) is 8.60. The number of carbonyl (C=O) groups excluding carboxylic acids is 2. The summed E-state index contributed by atoms with van der Waals surface area (Å²) >= 11 is 0. The average molecular weight is 364 g/mol. The van der Waals surface area contributed by atoms with Crippen LogP contribution in [0.2, 0.25) is 0 Å². The van der Waals surface area contributed by atoms with Crippen molar-refractivity contribution < 1.29 is 27.2 Å². The van der Waals surface area contributed by atoms with E-state index in [0.717, 1.165) is 6.08 Å². The lowest BCUT2D eigenvalue weighted by Gasteiger charge is -2.12.